The van der Waals surface area contributed by atoms with Gasteiger partial charge in [-0.25, -0.2) is 4.79 Å². The molecule has 1 rings (SSSR count). The van der Waals surface area contributed by atoms with E-state index in [9.17, 15) is 9.90 Å². The van der Waals surface area contributed by atoms with Crippen molar-refractivity contribution >= 4 is 6.03 Å². The van der Waals surface area contributed by atoms with Crippen LogP contribution in [-0.2, 0) is 4.74 Å². The molecule has 1 fully saturated rings. The molecule has 1 saturated heterocycles. The van der Waals surface area contributed by atoms with Gasteiger partial charge in [-0.1, -0.05) is 13.8 Å². The SMILES string of the molecule is COCC1CCCN(C(=O)NCCCC(C)(C)CO)C1. The maximum Gasteiger partial charge on any atom is 0.317 e. The first-order valence-corrected chi connectivity index (χ1v) is 7.61. The zero-order valence-corrected chi connectivity index (χ0v) is 13.2. The lowest BCUT2D eigenvalue weighted by atomic mass is 9.89. The summed E-state index contributed by atoms with van der Waals surface area (Å²) in [4.78, 5) is 14.0. The summed E-state index contributed by atoms with van der Waals surface area (Å²) >= 11 is 0. The summed E-state index contributed by atoms with van der Waals surface area (Å²) in [5, 5.41) is 12.2. The minimum atomic E-state index is -0.0561. The van der Waals surface area contributed by atoms with Crippen molar-refractivity contribution in [1.82, 2.24) is 10.2 Å². The predicted molar refractivity (Wildman–Crippen MR) is 79.7 cm³/mol. The number of ether oxygens (including phenoxy) is 1. The molecular formula is C15H30N2O3. The summed E-state index contributed by atoms with van der Waals surface area (Å²) in [7, 11) is 1.71. The Morgan fingerprint density at radius 1 is 1.50 bits per heavy atom. The first-order valence-electron chi connectivity index (χ1n) is 7.61. The topological polar surface area (TPSA) is 61.8 Å². The van der Waals surface area contributed by atoms with Gasteiger partial charge in [0.15, 0.2) is 0 Å². The minimum absolute atomic E-state index is 0.0348. The Morgan fingerprint density at radius 3 is 2.90 bits per heavy atom. The summed E-state index contributed by atoms with van der Waals surface area (Å²) in [5.74, 6) is 0.466. The highest BCUT2D eigenvalue weighted by atomic mass is 16.5. The number of carbonyl (C=O) groups is 1. The number of aliphatic hydroxyl groups excluding tert-OH is 1. The molecule has 1 heterocycles. The van der Waals surface area contributed by atoms with E-state index < -0.39 is 0 Å². The van der Waals surface area contributed by atoms with Crippen LogP contribution in [0.15, 0.2) is 0 Å². The maximum atomic E-state index is 12.1. The van der Waals surface area contributed by atoms with E-state index in [2.05, 4.69) is 5.32 Å². The van der Waals surface area contributed by atoms with E-state index in [0.29, 0.717) is 12.5 Å². The predicted octanol–water partition coefficient (Wildman–Crippen LogP) is 1.85. The van der Waals surface area contributed by atoms with Gasteiger partial charge in [0.25, 0.3) is 0 Å². The fraction of sp³-hybridized carbons (Fsp3) is 0.933. The average Bonchev–Trinajstić information content (AvgIpc) is 2.44. The van der Waals surface area contributed by atoms with Crippen LogP contribution in [-0.4, -0.2) is 56.0 Å². The van der Waals surface area contributed by atoms with Gasteiger partial charge in [0, 0.05) is 39.3 Å². The Balaban J connectivity index is 2.22. The third-order valence-electron chi connectivity index (χ3n) is 3.94. The molecule has 0 radical (unpaired) electrons. The highest BCUT2D eigenvalue weighted by Crippen LogP contribution is 2.20. The summed E-state index contributed by atoms with van der Waals surface area (Å²) < 4.78 is 5.18. The minimum Gasteiger partial charge on any atom is -0.396 e. The molecule has 0 aromatic rings. The molecule has 1 aliphatic heterocycles. The molecule has 118 valence electrons. The van der Waals surface area contributed by atoms with Crippen molar-refractivity contribution in [2.75, 3.05) is 40.0 Å². The second kappa shape index (κ2) is 8.47. The first kappa shape index (κ1) is 17.2. The molecule has 5 nitrogen and oxygen atoms in total. The monoisotopic (exact) mass is 286 g/mol. The number of carbonyl (C=O) groups excluding carboxylic acids is 1. The van der Waals surface area contributed by atoms with Gasteiger partial charge in [-0.15, -0.1) is 0 Å². The van der Waals surface area contributed by atoms with E-state index in [1.165, 1.54) is 0 Å². The van der Waals surface area contributed by atoms with Gasteiger partial charge in [0.1, 0.15) is 0 Å². The molecule has 20 heavy (non-hydrogen) atoms. The van der Waals surface area contributed by atoms with Gasteiger partial charge in [0.2, 0.25) is 0 Å². The molecule has 1 aliphatic rings. The van der Waals surface area contributed by atoms with Crippen LogP contribution >= 0.6 is 0 Å². The smallest absolute Gasteiger partial charge is 0.317 e. The Kier molecular flexibility index (Phi) is 7.30. The van der Waals surface area contributed by atoms with E-state index in [1.807, 2.05) is 18.7 Å². The summed E-state index contributed by atoms with van der Waals surface area (Å²) in [5.41, 5.74) is -0.0561. The van der Waals surface area contributed by atoms with Crippen molar-refractivity contribution in [1.29, 1.82) is 0 Å². The van der Waals surface area contributed by atoms with Crippen LogP contribution in [0.5, 0.6) is 0 Å². The standard InChI is InChI=1S/C15H30N2O3/c1-15(2,12-18)7-5-8-16-14(19)17-9-4-6-13(10-17)11-20-3/h13,18H,4-12H2,1-3H3,(H,16,19). The van der Waals surface area contributed by atoms with Crippen LogP contribution in [0.4, 0.5) is 4.79 Å². The van der Waals surface area contributed by atoms with Crippen molar-refractivity contribution in [2.24, 2.45) is 11.3 Å². The molecule has 5 heteroatoms. The number of urea groups is 1. The Bertz CT molecular complexity index is 293. The molecule has 0 aromatic carbocycles. The van der Waals surface area contributed by atoms with E-state index in [1.54, 1.807) is 7.11 Å². The van der Waals surface area contributed by atoms with Crippen LogP contribution < -0.4 is 5.32 Å². The molecule has 0 aliphatic carbocycles. The van der Waals surface area contributed by atoms with E-state index >= 15 is 0 Å². The molecule has 0 bridgehead atoms. The zero-order valence-electron chi connectivity index (χ0n) is 13.2. The van der Waals surface area contributed by atoms with E-state index in [-0.39, 0.29) is 18.1 Å². The Labute approximate surface area is 122 Å². The van der Waals surface area contributed by atoms with Gasteiger partial charge < -0.3 is 20.1 Å². The second-order valence-corrected chi connectivity index (χ2v) is 6.57. The number of likely N-dealkylation sites (tertiary alicyclic amines) is 1. The lowest BCUT2D eigenvalue weighted by Crippen LogP contribution is -2.46. The van der Waals surface area contributed by atoms with Gasteiger partial charge in [-0.05, 0) is 31.1 Å². The third kappa shape index (κ3) is 6.09. The average molecular weight is 286 g/mol. The number of methoxy groups -OCH3 is 1. The van der Waals surface area contributed by atoms with Crippen molar-refractivity contribution in [3.05, 3.63) is 0 Å². The van der Waals surface area contributed by atoms with Gasteiger partial charge in [-0.3, -0.25) is 0 Å². The molecule has 2 amide bonds. The summed E-state index contributed by atoms with van der Waals surface area (Å²) in [6, 6.07) is 0.0348. The highest BCUT2D eigenvalue weighted by molar-refractivity contribution is 5.74. The molecule has 2 N–H and O–H groups in total. The van der Waals surface area contributed by atoms with Crippen LogP contribution in [0, 0.1) is 11.3 Å². The van der Waals surface area contributed by atoms with E-state index in [4.69, 9.17) is 4.74 Å². The largest absolute Gasteiger partial charge is 0.396 e. The fourth-order valence-electron chi connectivity index (χ4n) is 2.57. The van der Waals surface area contributed by atoms with E-state index in [0.717, 1.165) is 45.4 Å². The lowest BCUT2D eigenvalue weighted by Gasteiger charge is -2.32. The molecule has 1 unspecified atom stereocenters. The summed E-state index contributed by atoms with van der Waals surface area (Å²) in [6.07, 6.45) is 4.01. The third-order valence-corrected chi connectivity index (χ3v) is 3.94. The van der Waals surface area contributed by atoms with Crippen molar-refractivity contribution in [3.8, 4) is 0 Å². The van der Waals surface area contributed by atoms with Crippen LogP contribution in [0.3, 0.4) is 0 Å². The van der Waals surface area contributed by atoms with Gasteiger partial charge >= 0.3 is 6.03 Å². The Hall–Kier alpha value is -0.810. The molecule has 1 atom stereocenters. The van der Waals surface area contributed by atoms with Crippen LogP contribution in [0.2, 0.25) is 0 Å². The highest BCUT2D eigenvalue weighted by Gasteiger charge is 2.23. The summed E-state index contributed by atoms with van der Waals surface area (Å²) in [6.45, 7) is 7.30. The molecule has 0 aromatic heterocycles. The van der Waals surface area contributed by atoms with Gasteiger partial charge in [-0.2, -0.15) is 0 Å². The molecular weight excluding hydrogens is 256 g/mol. The lowest BCUT2D eigenvalue weighted by molar-refractivity contribution is 0.100. The molecule has 0 saturated carbocycles. The zero-order chi connectivity index (χ0) is 15.0. The fourth-order valence-corrected chi connectivity index (χ4v) is 2.57. The Morgan fingerprint density at radius 2 is 2.25 bits per heavy atom. The van der Waals surface area contributed by atoms with Crippen molar-refractivity contribution < 1.29 is 14.6 Å². The number of rotatable bonds is 7. The van der Waals surface area contributed by atoms with Crippen LogP contribution in [0.1, 0.15) is 39.5 Å². The van der Waals surface area contributed by atoms with Crippen molar-refractivity contribution in [2.45, 2.75) is 39.5 Å². The number of hydrogen-bond donors (Lipinski definition) is 2. The number of hydrogen-bond acceptors (Lipinski definition) is 3. The number of nitrogens with one attached hydrogen (secondary N) is 1. The first-order chi connectivity index (χ1) is 9.48. The van der Waals surface area contributed by atoms with Crippen molar-refractivity contribution in [3.63, 3.8) is 0 Å². The maximum absolute atomic E-state index is 12.1. The number of aliphatic hydroxyl groups is 1. The second-order valence-electron chi connectivity index (χ2n) is 6.57. The number of nitrogens with zero attached hydrogens (tertiary/aromatic N) is 1. The van der Waals surface area contributed by atoms with Gasteiger partial charge in [0.05, 0.1) is 6.61 Å². The molecule has 0 spiro atoms. The number of piperidine rings is 1. The number of amides is 2. The van der Waals surface area contributed by atoms with Crippen LogP contribution in [0.25, 0.3) is 0 Å². The quantitative estimate of drug-likeness (QED) is 0.702. The normalized spacial score (nSPS) is 20.0.